The van der Waals surface area contributed by atoms with E-state index in [9.17, 15) is 4.79 Å². The molecule has 0 radical (unpaired) electrons. The molecule has 3 heterocycles. The van der Waals surface area contributed by atoms with Crippen molar-refractivity contribution in [2.75, 3.05) is 55.9 Å². The molecule has 2 aliphatic rings. The maximum absolute atomic E-state index is 12.5. The molecule has 1 atom stereocenters. The summed E-state index contributed by atoms with van der Waals surface area (Å²) in [5, 5.41) is 0.451. The third-order valence-electron chi connectivity index (χ3n) is 6.23. The molecule has 1 aliphatic carbocycles. The molecule has 9 heteroatoms. The van der Waals surface area contributed by atoms with E-state index in [1.54, 1.807) is 13.3 Å². The first kappa shape index (κ1) is 22.6. The van der Waals surface area contributed by atoms with Gasteiger partial charge in [0, 0.05) is 57.6 Å². The van der Waals surface area contributed by atoms with Crippen molar-refractivity contribution < 1.29 is 9.53 Å². The molecule has 1 saturated carbocycles. The molecule has 0 spiro atoms. The first-order chi connectivity index (χ1) is 15.4. The maximum Gasteiger partial charge on any atom is 0.225 e. The van der Waals surface area contributed by atoms with E-state index in [1.165, 1.54) is 0 Å². The molecule has 8 nitrogen and oxygen atoms in total. The standard InChI is InChI=1S/C23H31ClN6O2/c1-15-14-29(9-10-30(15)21(31)7-11-32-3)23-18(25)13-19(22(27-23)16-4-5-16)28(2)17-6-8-26-20(24)12-17/h6,8,12-13,15-16H,4-5,7,9-11,14,25H2,1-3H3/t15-/m1/s1. The zero-order valence-electron chi connectivity index (χ0n) is 18.9. The van der Waals surface area contributed by atoms with Crippen molar-refractivity contribution in [1.29, 1.82) is 0 Å². The Balaban J connectivity index is 1.57. The number of ether oxygens (including phenoxy) is 1. The number of amides is 1. The van der Waals surface area contributed by atoms with Crippen LogP contribution in [0, 0.1) is 0 Å². The number of anilines is 4. The number of halogens is 1. The van der Waals surface area contributed by atoms with Crippen LogP contribution in [0.2, 0.25) is 5.15 Å². The molecule has 0 unspecified atom stereocenters. The molecule has 1 saturated heterocycles. The minimum absolute atomic E-state index is 0.0833. The van der Waals surface area contributed by atoms with Gasteiger partial charge in [-0.15, -0.1) is 0 Å². The topological polar surface area (TPSA) is 87.8 Å². The molecule has 2 N–H and O–H groups in total. The first-order valence-electron chi connectivity index (χ1n) is 11.1. The van der Waals surface area contributed by atoms with Gasteiger partial charge < -0.3 is 25.2 Å². The Morgan fingerprint density at radius 3 is 2.78 bits per heavy atom. The average Bonchev–Trinajstić information content (AvgIpc) is 3.62. The smallest absolute Gasteiger partial charge is 0.225 e. The van der Waals surface area contributed by atoms with Crippen LogP contribution in [-0.4, -0.2) is 67.2 Å². The van der Waals surface area contributed by atoms with Crippen LogP contribution in [0.3, 0.4) is 0 Å². The molecule has 32 heavy (non-hydrogen) atoms. The molecular formula is C23H31ClN6O2. The number of piperazine rings is 1. The molecule has 0 bridgehead atoms. The van der Waals surface area contributed by atoms with Gasteiger partial charge in [-0.1, -0.05) is 11.6 Å². The number of rotatable bonds is 7. The van der Waals surface area contributed by atoms with Crippen molar-refractivity contribution in [3.8, 4) is 0 Å². The van der Waals surface area contributed by atoms with E-state index in [-0.39, 0.29) is 11.9 Å². The number of carbonyl (C=O) groups excluding carboxylic acids is 1. The largest absolute Gasteiger partial charge is 0.396 e. The Morgan fingerprint density at radius 2 is 2.12 bits per heavy atom. The maximum atomic E-state index is 12.5. The number of carbonyl (C=O) groups is 1. The van der Waals surface area contributed by atoms with E-state index in [0.717, 1.165) is 35.7 Å². The fourth-order valence-corrected chi connectivity index (χ4v) is 4.46. The lowest BCUT2D eigenvalue weighted by atomic mass is 10.1. The number of methoxy groups -OCH3 is 1. The van der Waals surface area contributed by atoms with Crippen LogP contribution in [0.1, 0.15) is 37.8 Å². The van der Waals surface area contributed by atoms with Gasteiger partial charge in [0.25, 0.3) is 0 Å². The van der Waals surface area contributed by atoms with E-state index >= 15 is 0 Å². The van der Waals surface area contributed by atoms with Crippen LogP contribution >= 0.6 is 11.6 Å². The van der Waals surface area contributed by atoms with Crippen LogP contribution in [0.5, 0.6) is 0 Å². The molecule has 2 aromatic rings. The van der Waals surface area contributed by atoms with E-state index in [4.69, 9.17) is 27.1 Å². The monoisotopic (exact) mass is 458 g/mol. The first-order valence-corrected chi connectivity index (χ1v) is 11.5. The summed E-state index contributed by atoms with van der Waals surface area (Å²) in [7, 11) is 3.62. The Hall–Kier alpha value is -2.58. The van der Waals surface area contributed by atoms with Crippen LogP contribution in [0.25, 0.3) is 0 Å². The molecule has 2 fully saturated rings. The highest BCUT2D eigenvalue weighted by molar-refractivity contribution is 6.29. The van der Waals surface area contributed by atoms with Gasteiger partial charge in [-0.3, -0.25) is 4.79 Å². The van der Waals surface area contributed by atoms with Crippen molar-refractivity contribution in [3.05, 3.63) is 35.2 Å². The summed E-state index contributed by atoms with van der Waals surface area (Å²) >= 11 is 6.11. The molecule has 172 valence electrons. The third kappa shape index (κ3) is 4.76. The molecule has 2 aromatic heterocycles. The Kier molecular flexibility index (Phi) is 6.71. The van der Waals surface area contributed by atoms with Crippen LogP contribution in [0.4, 0.5) is 22.9 Å². The van der Waals surface area contributed by atoms with E-state index < -0.39 is 0 Å². The molecule has 1 amide bonds. The van der Waals surface area contributed by atoms with Crippen LogP contribution in [0.15, 0.2) is 24.4 Å². The highest BCUT2D eigenvalue weighted by Crippen LogP contribution is 2.46. The normalized spacial score (nSPS) is 18.7. The molecule has 1 aliphatic heterocycles. The second-order valence-corrected chi connectivity index (χ2v) is 8.99. The fourth-order valence-electron chi connectivity index (χ4n) is 4.29. The van der Waals surface area contributed by atoms with Crippen molar-refractivity contribution >= 4 is 40.4 Å². The average molecular weight is 459 g/mol. The van der Waals surface area contributed by atoms with Gasteiger partial charge in [-0.2, -0.15) is 0 Å². The highest BCUT2D eigenvalue weighted by Gasteiger charge is 2.33. The SMILES string of the molecule is COCCC(=O)N1CCN(c2nc(C3CC3)c(N(C)c3ccnc(Cl)c3)cc2N)C[C@H]1C. The summed E-state index contributed by atoms with van der Waals surface area (Å²) in [6.07, 6.45) is 4.37. The second kappa shape index (κ2) is 9.50. The lowest BCUT2D eigenvalue weighted by molar-refractivity contribution is -0.134. The number of aromatic nitrogens is 2. The molecule has 0 aromatic carbocycles. The minimum Gasteiger partial charge on any atom is -0.396 e. The Morgan fingerprint density at radius 1 is 1.34 bits per heavy atom. The van der Waals surface area contributed by atoms with Crippen LogP contribution < -0.4 is 15.5 Å². The van der Waals surface area contributed by atoms with E-state index in [1.807, 2.05) is 30.1 Å². The summed E-state index contributed by atoms with van der Waals surface area (Å²) in [4.78, 5) is 27.8. The van der Waals surface area contributed by atoms with Gasteiger partial charge in [0.2, 0.25) is 5.91 Å². The third-order valence-corrected chi connectivity index (χ3v) is 6.44. The van der Waals surface area contributed by atoms with Crippen molar-refractivity contribution in [2.45, 2.75) is 38.1 Å². The van der Waals surface area contributed by atoms with E-state index in [0.29, 0.717) is 49.4 Å². The molecule has 4 rings (SSSR count). The predicted molar refractivity (Wildman–Crippen MR) is 128 cm³/mol. The zero-order valence-corrected chi connectivity index (χ0v) is 19.7. The van der Waals surface area contributed by atoms with Gasteiger partial charge >= 0.3 is 0 Å². The van der Waals surface area contributed by atoms with Crippen molar-refractivity contribution in [1.82, 2.24) is 14.9 Å². The summed E-state index contributed by atoms with van der Waals surface area (Å²) in [5.41, 5.74) is 10.2. The lowest BCUT2D eigenvalue weighted by Gasteiger charge is -2.41. The number of nitrogens with two attached hydrogens (primary N) is 1. The van der Waals surface area contributed by atoms with Gasteiger partial charge in [0.05, 0.1) is 30.1 Å². The number of nitrogen functional groups attached to an aromatic ring is 1. The van der Waals surface area contributed by atoms with Crippen molar-refractivity contribution in [2.24, 2.45) is 0 Å². The minimum atomic E-state index is 0.0833. The zero-order chi connectivity index (χ0) is 22.8. The summed E-state index contributed by atoms with van der Waals surface area (Å²) in [6, 6.07) is 5.86. The fraction of sp³-hybridized carbons (Fsp3) is 0.522. The number of pyridine rings is 2. The summed E-state index contributed by atoms with van der Waals surface area (Å²) in [6.45, 7) is 4.59. The Labute approximate surface area is 194 Å². The lowest BCUT2D eigenvalue weighted by Crippen LogP contribution is -2.54. The van der Waals surface area contributed by atoms with Crippen LogP contribution in [-0.2, 0) is 9.53 Å². The van der Waals surface area contributed by atoms with E-state index in [2.05, 4.69) is 21.7 Å². The van der Waals surface area contributed by atoms with Gasteiger partial charge in [-0.05, 0) is 38.0 Å². The predicted octanol–water partition coefficient (Wildman–Crippen LogP) is 3.43. The second-order valence-electron chi connectivity index (χ2n) is 8.60. The van der Waals surface area contributed by atoms with Gasteiger partial charge in [-0.25, -0.2) is 9.97 Å². The number of hydrogen-bond acceptors (Lipinski definition) is 7. The number of nitrogens with zero attached hydrogens (tertiary/aromatic N) is 5. The number of hydrogen-bond donors (Lipinski definition) is 1. The van der Waals surface area contributed by atoms with Gasteiger partial charge in [0.1, 0.15) is 5.15 Å². The highest BCUT2D eigenvalue weighted by atomic mass is 35.5. The van der Waals surface area contributed by atoms with Crippen molar-refractivity contribution in [3.63, 3.8) is 0 Å². The summed E-state index contributed by atoms with van der Waals surface area (Å²) in [5.74, 6) is 1.39. The van der Waals surface area contributed by atoms with Gasteiger partial charge in [0.15, 0.2) is 5.82 Å². The Bertz CT molecular complexity index is 983. The summed E-state index contributed by atoms with van der Waals surface area (Å²) < 4.78 is 5.06. The molecular weight excluding hydrogens is 428 g/mol. The quantitative estimate of drug-likeness (QED) is 0.636.